The number of carbonyl (C=O) groups excluding carboxylic acids is 1. The molecule has 106 valence electrons. The molecule has 0 aliphatic rings. The Morgan fingerprint density at radius 3 is 2.80 bits per heavy atom. The molecule has 1 aromatic carbocycles. The van der Waals surface area contributed by atoms with Crippen LogP contribution in [0.2, 0.25) is 5.02 Å². The number of pyridine rings is 1. The van der Waals surface area contributed by atoms with Crippen LogP contribution in [0.3, 0.4) is 0 Å². The number of halogens is 1. The zero-order valence-corrected chi connectivity index (χ0v) is 12.5. The summed E-state index contributed by atoms with van der Waals surface area (Å²) >= 11 is 6.12. The van der Waals surface area contributed by atoms with Crippen LogP contribution >= 0.6 is 11.6 Å². The van der Waals surface area contributed by atoms with E-state index in [-0.39, 0.29) is 12.5 Å². The molecular weight excluding hydrogens is 276 g/mol. The van der Waals surface area contributed by atoms with Crippen LogP contribution in [0.4, 0.5) is 5.69 Å². The summed E-state index contributed by atoms with van der Waals surface area (Å²) in [6.45, 7) is 5.60. The normalized spacial score (nSPS) is 11.4. The van der Waals surface area contributed by atoms with Gasteiger partial charge in [0.2, 0.25) is 0 Å². The second kappa shape index (κ2) is 5.67. The first kappa shape index (κ1) is 14.6. The summed E-state index contributed by atoms with van der Waals surface area (Å²) in [5.74, 6) is -0.309. The van der Waals surface area contributed by atoms with Gasteiger partial charge in [-0.3, -0.25) is 9.78 Å². The van der Waals surface area contributed by atoms with E-state index in [9.17, 15) is 4.79 Å². The third kappa shape index (κ3) is 3.61. The van der Waals surface area contributed by atoms with Gasteiger partial charge < -0.3 is 10.1 Å². The van der Waals surface area contributed by atoms with E-state index in [4.69, 9.17) is 16.3 Å². The predicted molar refractivity (Wildman–Crippen MR) is 81.1 cm³/mol. The van der Waals surface area contributed by atoms with Crippen molar-refractivity contribution in [2.24, 2.45) is 0 Å². The number of benzene rings is 1. The van der Waals surface area contributed by atoms with Gasteiger partial charge in [-0.25, -0.2) is 0 Å². The molecule has 0 spiro atoms. The predicted octanol–water partition coefficient (Wildman–Crippen LogP) is 3.64. The Labute approximate surface area is 123 Å². The number of nitrogens with one attached hydrogen (secondary N) is 1. The lowest BCUT2D eigenvalue weighted by Gasteiger charge is -2.20. The number of fused-ring (bicyclic) bond motifs is 1. The quantitative estimate of drug-likeness (QED) is 0.878. The molecule has 2 aromatic rings. The maximum atomic E-state index is 11.7. The fraction of sp³-hybridized carbons (Fsp3) is 0.333. The lowest BCUT2D eigenvalue weighted by molar-refractivity contribution is -0.152. The second-order valence-corrected chi connectivity index (χ2v) is 5.84. The van der Waals surface area contributed by atoms with Gasteiger partial charge in [-0.2, -0.15) is 0 Å². The van der Waals surface area contributed by atoms with Crippen molar-refractivity contribution in [2.75, 3.05) is 11.9 Å². The highest BCUT2D eigenvalue weighted by Crippen LogP contribution is 2.27. The average molecular weight is 293 g/mol. The van der Waals surface area contributed by atoms with Crippen molar-refractivity contribution < 1.29 is 9.53 Å². The average Bonchev–Trinajstić information content (AvgIpc) is 2.36. The van der Waals surface area contributed by atoms with Gasteiger partial charge >= 0.3 is 5.97 Å². The van der Waals surface area contributed by atoms with Crippen molar-refractivity contribution in [2.45, 2.75) is 26.4 Å². The van der Waals surface area contributed by atoms with Crippen molar-refractivity contribution in [3.05, 3.63) is 35.5 Å². The molecule has 0 aliphatic heterocycles. The number of aromatic nitrogens is 1. The molecule has 0 saturated heterocycles. The Bertz CT molecular complexity index is 635. The van der Waals surface area contributed by atoms with Crippen LogP contribution in [0.5, 0.6) is 0 Å². The number of anilines is 1. The Hall–Kier alpha value is -1.81. The van der Waals surface area contributed by atoms with Crippen LogP contribution in [0.15, 0.2) is 30.5 Å². The first-order chi connectivity index (χ1) is 9.37. The lowest BCUT2D eigenvalue weighted by atomic mass is 10.2. The SMILES string of the molecule is CC(C)(C)OC(=O)CNc1ccc(Cl)c2cccnc12. The highest BCUT2D eigenvalue weighted by Gasteiger charge is 2.16. The Balaban J connectivity index is 2.15. The van der Waals surface area contributed by atoms with Crippen molar-refractivity contribution in [3.63, 3.8) is 0 Å². The van der Waals surface area contributed by atoms with Gasteiger partial charge in [0, 0.05) is 11.6 Å². The fourth-order valence-electron chi connectivity index (χ4n) is 1.83. The van der Waals surface area contributed by atoms with Gasteiger partial charge in [-0.05, 0) is 45.0 Å². The van der Waals surface area contributed by atoms with Gasteiger partial charge in [0.15, 0.2) is 0 Å². The van der Waals surface area contributed by atoms with E-state index in [1.165, 1.54) is 0 Å². The fourth-order valence-corrected chi connectivity index (χ4v) is 2.04. The summed E-state index contributed by atoms with van der Waals surface area (Å²) in [6, 6.07) is 7.31. The van der Waals surface area contributed by atoms with Crippen molar-refractivity contribution in [1.29, 1.82) is 0 Å². The summed E-state index contributed by atoms with van der Waals surface area (Å²) < 4.78 is 5.25. The molecule has 5 heteroatoms. The minimum absolute atomic E-state index is 0.0879. The minimum atomic E-state index is -0.487. The molecule has 20 heavy (non-hydrogen) atoms. The smallest absolute Gasteiger partial charge is 0.325 e. The molecule has 1 aromatic heterocycles. The van der Waals surface area contributed by atoms with Crippen molar-refractivity contribution in [3.8, 4) is 0 Å². The molecule has 0 atom stereocenters. The molecule has 1 N–H and O–H groups in total. The van der Waals surface area contributed by atoms with Gasteiger partial charge in [0.25, 0.3) is 0 Å². The van der Waals surface area contributed by atoms with Crippen LogP contribution in [0.25, 0.3) is 10.9 Å². The number of nitrogens with zero attached hydrogens (tertiary/aromatic N) is 1. The van der Waals surface area contributed by atoms with Gasteiger partial charge in [0.05, 0.1) is 16.2 Å². The number of ether oxygens (including phenoxy) is 1. The molecule has 4 nitrogen and oxygen atoms in total. The third-order valence-electron chi connectivity index (χ3n) is 2.56. The third-order valence-corrected chi connectivity index (χ3v) is 2.89. The van der Waals surface area contributed by atoms with Gasteiger partial charge in [-0.15, -0.1) is 0 Å². The number of hydrogen-bond acceptors (Lipinski definition) is 4. The molecule has 0 radical (unpaired) electrons. The topological polar surface area (TPSA) is 51.2 Å². The van der Waals surface area contributed by atoms with Crippen molar-refractivity contribution in [1.82, 2.24) is 4.98 Å². The van der Waals surface area contributed by atoms with Crippen LogP contribution in [-0.2, 0) is 9.53 Å². The van der Waals surface area contributed by atoms with E-state index >= 15 is 0 Å². The van der Waals surface area contributed by atoms with Crippen molar-refractivity contribution >= 4 is 34.2 Å². The zero-order valence-electron chi connectivity index (χ0n) is 11.7. The molecule has 1 heterocycles. The first-order valence-corrected chi connectivity index (χ1v) is 6.73. The number of hydrogen-bond donors (Lipinski definition) is 1. The van der Waals surface area contributed by atoms with Crippen LogP contribution in [-0.4, -0.2) is 23.1 Å². The Morgan fingerprint density at radius 1 is 1.35 bits per heavy atom. The van der Waals surface area contributed by atoms with E-state index < -0.39 is 5.60 Å². The largest absolute Gasteiger partial charge is 0.459 e. The maximum Gasteiger partial charge on any atom is 0.325 e. The molecular formula is C15H17ClN2O2. The van der Waals surface area contributed by atoms with E-state index in [0.29, 0.717) is 5.02 Å². The highest BCUT2D eigenvalue weighted by atomic mass is 35.5. The summed E-state index contributed by atoms with van der Waals surface area (Å²) in [5, 5.41) is 4.53. The molecule has 0 bridgehead atoms. The maximum absolute atomic E-state index is 11.7. The standard InChI is InChI=1S/C15H17ClN2O2/c1-15(2,3)20-13(19)9-18-12-7-6-11(16)10-5-4-8-17-14(10)12/h4-8,18H,9H2,1-3H3. The minimum Gasteiger partial charge on any atom is -0.459 e. The second-order valence-electron chi connectivity index (χ2n) is 5.43. The summed E-state index contributed by atoms with van der Waals surface area (Å²) in [7, 11) is 0. The van der Waals surface area contributed by atoms with Gasteiger partial charge in [-0.1, -0.05) is 11.6 Å². The number of esters is 1. The number of rotatable bonds is 3. The molecule has 0 fully saturated rings. The van der Waals surface area contributed by atoms with Crippen LogP contribution in [0.1, 0.15) is 20.8 Å². The summed E-state index contributed by atoms with van der Waals surface area (Å²) in [6.07, 6.45) is 1.69. The van der Waals surface area contributed by atoms with Crippen LogP contribution < -0.4 is 5.32 Å². The molecule has 2 rings (SSSR count). The monoisotopic (exact) mass is 292 g/mol. The molecule has 0 amide bonds. The first-order valence-electron chi connectivity index (χ1n) is 6.36. The van der Waals surface area contributed by atoms with E-state index in [1.54, 1.807) is 12.3 Å². The zero-order chi connectivity index (χ0) is 14.8. The van der Waals surface area contributed by atoms with Gasteiger partial charge in [0.1, 0.15) is 12.1 Å². The highest BCUT2D eigenvalue weighted by molar-refractivity contribution is 6.35. The Kier molecular flexibility index (Phi) is 4.14. The van der Waals surface area contributed by atoms with Crippen LogP contribution in [0, 0.1) is 0 Å². The van der Waals surface area contributed by atoms with E-state index in [2.05, 4.69) is 10.3 Å². The molecule has 0 saturated carbocycles. The van der Waals surface area contributed by atoms with E-state index in [1.807, 2.05) is 39.0 Å². The lowest BCUT2D eigenvalue weighted by Crippen LogP contribution is -2.28. The number of carbonyl (C=O) groups is 1. The Morgan fingerprint density at radius 2 is 2.10 bits per heavy atom. The molecule has 0 aliphatic carbocycles. The van der Waals surface area contributed by atoms with E-state index in [0.717, 1.165) is 16.6 Å². The molecule has 0 unspecified atom stereocenters. The summed E-state index contributed by atoms with van der Waals surface area (Å²) in [4.78, 5) is 16.0. The summed E-state index contributed by atoms with van der Waals surface area (Å²) in [5.41, 5.74) is 1.01.